The number of thiazole rings is 1. The molecule has 0 bridgehead atoms. The van der Waals surface area contributed by atoms with E-state index in [0.717, 1.165) is 42.5 Å². The Morgan fingerprint density at radius 2 is 1.96 bits per heavy atom. The molecular formula is C19H14N4OS2. The summed E-state index contributed by atoms with van der Waals surface area (Å²) in [5.41, 5.74) is 3.75. The first kappa shape index (κ1) is 15.6. The van der Waals surface area contributed by atoms with Gasteiger partial charge in [0.05, 0.1) is 16.0 Å². The molecule has 0 aliphatic rings. The number of aryl methyl sites for hydroxylation is 1. The number of nitrogens with zero attached hydrogens (tertiary/aromatic N) is 3. The van der Waals surface area contributed by atoms with Crippen LogP contribution in [0.2, 0.25) is 0 Å². The number of H-pyrrole nitrogens is 1. The highest BCUT2D eigenvalue weighted by atomic mass is 32.2. The maximum Gasteiger partial charge on any atom is 0.217 e. The molecule has 2 aromatic carbocycles. The minimum absolute atomic E-state index is 0.0984. The van der Waals surface area contributed by atoms with E-state index in [4.69, 9.17) is 0 Å². The van der Waals surface area contributed by atoms with E-state index in [9.17, 15) is 4.79 Å². The summed E-state index contributed by atoms with van der Waals surface area (Å²) in [5.74, 6) is 0.425. The number of hydrogen-bond acceptors (Lipinski definition) is 5. The van der Waals surface area contributed by atoms with E-state index < -0.39 is 0 Å². The molecule has 0 spiro atoms. The van der Waals surface area contributed by atoms with Crippen molar-refractivity contribution >= 4 is 55.0 Å². The van der Waals surface area contributed by atoms with Crippen LogP contribution in [0, 0.1) is 6.92 Å². The molecule has 0 aliphatic heterocycles. The third-order valence-corrected chi connectivity index (χ3v) is 6.36. The highest BCUT2D eigenvalue weighted by Gasteiger charge is 2.18. The summed E-state index contributed by atoms with van der Waals surface area (Å²) in [6.07, 6.45) is 0. The molecule has 26 heavy (non-hydrogen) atoms. The summed E-state index contributed by atoms with van der Waals surface area (Å²) in [5, 5.41) is 10.3. The lowest BCUT2D eigenvalue weighted by molar-refractivity contribution is 0.102. The molecule has 0 saturated carbocycles. The Balaban J connectivity index is 1.48. The summed E-state index contributed by atoms with van der Waals surface area (Å²) >= 11 is 3.04. The largest absolute Gasteiger partial charge is 0.358 e. The van der Waals surface area contributed by atoms with E-state index in [0.29, 0.717) is 5.75 Å². The number of para-hydroxylation sites is 2. The fourth-order valence-electron chi connectivity index (χ4n) is 3.29. The van der Waals surface area contributed by atoms with Crippen molar-refractivity contribution in [2.24, 2.45) is 0 Å². The monoisotopic (exact) mass is 378 g/mol. The Bertz CT molecular complexity index is 1280. The molecule has 5 aromatic rings. The molecule has 5 nitrogen and oxygen atoms in total. The number of rotatable bonds is 4. The predicted octanol–water partition coefficient (Wildman–Crippen LogP) is 4.71. The van der Waals surface area contributed by atoms with Crippen LogP contribution in [0.4, 0.5) is 0 Å². The fraction of sp³-hybridized carbons (Fsp3) is 0.105. The van der Waals surface area contributed by atoms with Crippen LogP contribution >= 0.6 is 23.1 Å². The van der Waals surface area contributed by atoms with Crippen LogP contribution in [0.25, 0.3) is 26.1 Å². The Morgan fingerprint density at radius 3 is 2.88 bits per heavy atom. The molecule has 128 valence electrons. The number of fused-ring (bicyclic) bond motifs is 4. The van der Waals surface area contributed by atoms with Crippen molar-refractivity contribution in [1.82, 2.24) is 19.6 Å². The summed E-state index contributed by atoms with van der Waals surface area (Å²) in [4.78, 5) is 17.0. The van der Waals surface area contributed by atoms with Gasteiger partial charge in [-0.2, -0.15) is 0 Å². The second-order valence-electron chi connectivity index (χ2n) is 6.05. The van der Waals surface area contributed by atoms with Gasteiger partial charge in [0, 0.05) is 22.2 Å². The molecule has 7 heteroatoms. The van der Waals surface area contributed by atoms with Gasteiger partial charge in [-0.3, -0.25) is 9.20 Å². The average Bonchev–Trinajstić information content (AvgIpc) is 3.30. The van der Waals surface area contributed by atoms with Gasteiger partial charge in [-0.25, -0.2) is 0 Å². The lowest BCUT2D eigenvalue weighted by atomic mass is 10.1. The Hall–Kier alpha value is -2.64. The lowest BCUT2D eigenvalue weighted by Crippen LogP contribution is -2.04. The molecule has 3 heterocycles. The van der Waals surface area contributed by atoms with Crippen molar-refractivity contribution in [3.05, 3.63) is 59.8 Å². The molecule has 0 unspecified atom stereocenters. The van der Waals surface area contributed by atoms with Gasteiger partial charge in [0.2, 0.25) is 4.96 Å². The van der Waals surface area contributed by atoms with E-state index in [-0.39, 0.29) is 5.78 Å². The van der Waals surface area contributed by atoms with Gasteiger partial charge < -0.3 is 4.98 Å². The zero-order valence-electron chi connectivity index (χ0n) is 13.9. The minimum atomic E-state index is 0.0984. The van der Waals surface area contributed by atoms with Gasteiger partial charge in [-0.15, -0.1) is 10.2 Å². The van der Waals surface area contributed by atoms with Gasteiger partial charge in [0.1, 0.15) is 0 Å². The van der Waals surface area contributed by atoms with Crippen LogP contribution in [0.15, 0.2) is 53.7 Å². The second-order valence-corrected chi connectivity index (χ2v) is 8.00. The molecule has 5 rings (SSSR count). The quantitative estimate of drug-likeness (QED) is 0.363. The number of Topliss-reactive ketones (excluding diaryl/α,β-unsaturated/α-hetero) is 1. The zero-order chi connectivity index (χ0) is 17.7. The van der Waals surface area contributed by atoms with E-state index in [1.165, 1.54) is 11.8 Å². The molecule has 0 fully saturated rings. The molecule has 0 saturated heterocycles. The maximum absolute atomic E-state index is 12.9. The number of thioether (sulfide) groups is 1. The van der Waals surface area contributed by atoms with Crippen molar-refractivity contribution in [3.63, 3.8) is 0 Å². The number of carbonyl (C=O) groups is 1. The molecule has 0 amide bonds. The summed E-state index contributed by atoms with van der Waals surface area (Å²) in [6.45, 7) is 1.94. The summed E-state index contributed by atoms with van der Waals surface area (Å²) in [7, 11) is 0. The SMILES string of the molecule is Cc1[nH]c2ccccc2c1C(=O)CSc1nnc2sc3ccccc3n12. The van der Waals surface area contributed by atoms with Gasteiger partial charge in [-0.05, 0) is 25.1 Å². The maximum atomic E-state index is 12.9. The topological polar surface area (TPSA) is 63.0 Å². The molecule has 0 aliphatic carbocycles. The normalized spacial score (nSPS) is 11.7. The van der Waals surface area contributed by atoms with Gasteiger partial charge in [-0.1, -0.05) is 53.4 Å². The second kappa shape index (κ2) is 5.96. The smallest absolute Gasteiger partial charge is 0.217 e. The highest BCUT2D eigenvalue weighted by Crippen LogP contribution is 2.30. The predicted molar refractivity (Wildman–Crippen MR) is 106 cm³/mol. The van der Waals surface area contributed by atoms with Crippen molar-refractivity contribution < 1.29 is 4.79 Å². The van der Waals surface area contributed by atoms with E-state index in [1.807, 2.05) is 47.7 Å². The van der Waals surface area contributed by atoms with Crippen molar-refractivity contribution in [1.29, 1.82) is 0 Å². The number of hydrogen-bond donors (Lipinski definition) is 1. The molecule has 3 aromatic heterocycles. The first-order valence-electron chi connectivity index (χ1n) is 8.18. The molecule has 0 atom stereocenters. The van der Waals surface area contributed by atoms with E-state index in [1.54, 1.807) is 11.3 Å². The fourth-order valence-corrected chi connectivity index (χ4v) is 5.13. The van der Waals surface area contributed by atoms with Gasteiger partial charge in [0.15, 0.2) is 10.9 Å². The first-order valence-corrected chi connectivity index (χ1v) is 9.98. The number of aromatic amines is 1. The van der Waals surface area contributed by atoms with Crippen LogP contribution in [-0.4, -0.2) is 31.1 Å². The molecule has 0 radical (unpaired) electrons. The van der Waals surface area contributed by atoms with Crippen LogP contribution in [0.3, 0.4) is 0 Å². The number of ketones is 1. The van der Waals surface area contributed by atoms with Crippen molar-refractivity contribution in [2.45, 2.75) is 12.1 Å². The van der Waals surface area contributed by atoms with Gasteiger partial charge >= 0.3 is 0 Å². The van der Waals surface area contributed by atoms with Crippen molar-refractivity contribution in [3.8, 4) is 0 Å². The number of aromatic nitrogens is 4. The Morgan fingerprint density at radius 1 is 1.15 bits per heavy atom. The van der Waals surface area contributed by atoms with Crippen LogP contribution in [0.1, 0.15) is 16.1 Å². The van der Waals surface area contributed by atoms with Gasteiger partial charge in [0.25, 0.3) is 0 Å². The summed E-state index contributed by atoms with van der Waals surface area (Å²) in [6, 6.07) is 16.0. The molecule has 1 N–H and O–H groups in total. The Kier molecular flexibility index (Phi) is 3.58. The van der Waals surface area contributed by atoms with Crippen LogP contribution < -0.4 is 0 Å². The number of carbonyl (C=O) groups excluding carboxylic acids is 1. The number of benzene rings is 2. The third-order valence-electron chi connectivity index (χ3n) is 4.42. The average molecular weight is 378 g/mol. The Labute approximate surface area is 157 Å². The van der Waals surface area contributed by atoms with E-state index in [2.05, 4.69) is 27.3 Å². The van der Waals surface area contributed by atoms with Crippen LogP contribution in [-0.2, 0) is 0 Å². The lowest BCUT2D eigenvalue weighted by Gasteiger charge is -2.01. The minimum Gasteiger partial charge on any atom is -0.358 e. The van der Waals surface area contributed by atoms with E-state index >= 15 is 0 Å². The van der Waals surface area contributed by atoms with Crippen molar-refractivity contribution in [2.75, 3.05) is 5.75 Å². The highest BCUT2D eigenvalue weighted by molar-refractivity contribution is 7.99. The van der Waals surface area contributed by atoms with Crippen LogP contribution in [0.5, 0.6) is 0 Å². The third kappa shape index (κ3) is 2.35. The summed E-state index contributed by atoms with van der Waals surface area (Å²) < 4.78 is 3.19. The first-order chi connectivity index (χ1) is 12.7. The molecular weight excluding hydrogens is 364 g/mol. The standard InChI is InChI=1S/C19H14N4OS2/c1-11-17(12-6-2-3-7-13(12)20-11)15(24)10-25-18-21-22-19-23(18)14-8-4-5-9-16(14)26-19/h2-9,20H,10H2,1H3. The zero-order valence-corrected chi connectivity index (χ0v) is 15.5. The number of nitrogens with one attached hydrogen (secondary N) is 1.